The molecule has 2 rings (SSSR count). The number of piperidine rings is 1. The first kappa shape index (κ1) is 20.9. The van der Waals surface area contributed by atoms with Crippen molar-refractivity contribution >= 4 is 15.9 Å². The molecule has 0 saturated carbocycles. The molecule has 7 heteroatoms. The van der Waals surface area contributed by atoms with Crippen LogP contribution in [0.15, 0.2) is 29.2 Å². The Balaban J connectivity index is 1.93. The molecule has 146 valence electrons. The summed E-state index contributed by atoms with van der Waals surface area (Å²) >= 11 is 0. The van der Waals surface area contributed by atoms with Crippen LogP contribution < -0.4 is 5.32 Å². The highest BCUT2D eigenvalue weighted by atomic mass is 32.2. The Morgan fingerprint density at radius 2 is 1.73 bits per heavy atom. The topological polar surface area (TPSA) is 86.7 Å². The summed E-state index contributed by atoms with van der Waals surface area (Å²) in [5.41, 5.74) is 0.447. The van der Waals surface area contributed by atoms with Crippen LogP contribution in [0.3, 0.4) is 0 Å². The first-order valence-electron chi connectivity index (χ1n) is 9.14. The SMILES string of the molecule is CC(C)(C)[C@@H](O)CNC(=O)Cc1ccc(S(=O)(=O)N2CCCCC2)cc1. The van der Waals surface area contributed by atoms with Gasteiger partial charge in [-0.15, -0.1) is 0 Å². The van der Waals surface area contributed by atoms with Crippen molar-refractivity contribution in [3.05, 3.63) is 29.8 Å². The molecule has 26 heavy (non-hydrogen) atoms. The fraction of sp³-hybridized carbons (Fsp3) is 0.632. The summed E-state index contributed by atoms with van der Waals surface area (Å²) in [6.45, 7) is 7.07. The van der Waals surface area contributed by atoms with E-state index in [1.54, 1.807) is 24.3 Å². The van der Waals surface area contributed by atoms with E-state index in [-0.39, 0.29) is 29.2 Å². The first-order chi connectivity index (χ1) is 12.1. The van der Waals surface area contributed by atoms with E-state index in [4.69, 9.17) is 0 Å². The Kier molecular flexibility index (Phi) is 6.82. The third-order valence-electron chi connectivity index (χ3n) is 4.73. The van der Waals surface area contributed by atoms with Crippen LogP contribution in [-0.4, -0.2) is 49.5 Å². The predicted octanol–water partition coefficient (Wildman–Crippen LogP) is 1.93. The second-order valence-electron chi connectivity index (χ2n) is 7.97. The van der Waals surface area contributed by atoms with Gasteiger partial charge in [-0.1, -0.05) is 39.3 Å². The predicted molar refractivity (Wildman–Crippen MR) is 101 cm³/mol. The highest BCUT2D eigenvalue weighted by Gasteiger charge is 2.26. The van der Waals surface area contributed by atoms with Gasteiger partial charge in [-0.3, -0.25) is 4.79 Å². The molecule has 6 nitrogen and oxygen atoms in total. The molecule has 0 bridgehead atoms. The van der Waals surface area contributed by atoms with Crippen LogP contribution in [0, 0.1) is 5.41 Å². The Morgan fingerprint density at radius 3 is 2.27 bits per heavy atom. The highest BCUT2D eigenvalue weighted by Crippen LogP contribution is 2.21. The number of hydrogen-bond acceptors (Lipinski definition) is 4. The van der Waals surface area contributed by atoms with E-state index in [2.05, 4.69) is 5.32 Å². The largest absolute Gasteiger partial charge is 0.391 e. The number of aliphatic hydroxyl groups excluding tert-OH is 1. The van der Waals surface area contributed by atoms with Crippen LogP contribution in [-0.2, 0) is 21.2 Å². The van der Waals surface area contributed by atoms with Gasteiger partial charge in [0.1, 0.15) is 0 Å². The normalized spacial score (nSPS) is 17.7. The molecular weight excluding hydrogens is 352 g/mol. The number of nitrogens with zero attached hydrogens (tertiary/aromatic N) is 1. The lowest BCUT2D eigenvalue weighted by Crippen LogP contribution is -2.39. The third kappa shape index (κ3) is 5.53. The number of carbonyl (C=O) groups excluding carboxylic acids is 1. The molecule has 1 amide bonds. The van der Waals surface area contributed by atoms with Crippen molar-refractivity contribution in [3.63, 3.8) is 0 Å². The maximum atomic E-state index is 12.6. The number of nitrogens with one attached hydrogen (secondary N) is 1. The summed E-state index contributed by atoms with van der Waals surface area (Å²) in [5.74, 6) is -0.195. The Labute approximate surface area is 156 Å². The van der Waals surface area contributed by atoms with Gasteiger partial charge in [0.2, 0.25) is 15.9 Å². The fourth-order valence-corrected chi connectivity index (χ4v) is 4.32. The minimum absolute atomic E-state index is 0.154. The molecule has 0 aromatic heterocycles. The first-order valence-corrected chi connectivity index (χ1v) is 10.6. The van der Waals surface area contributed by atoms with E-state index in [1.807, 2.05) is 20.8 Å². The van der Waals surface area contributed by atoms with E-state index in [0.717, 1.165) is 24.8 Å². The van der Waals surface area contributed by atoms with E-state index < -0.39 is 16.1 Å². The Hall–Kier alpha value is -1.44. The van der Waals surface area contributed by atoms with Crippen molar-refractivity contribution in [1.29, 1.82) is 0 Å². The van der Waals surface area contributed by atoms with Gasteiger partial charge < -0.3 is 10.4 Å². The molecule has 0 spiro atoms. The minimum Gasteiger partial charge on any atom is -0.391 e. The number of amides is 1. The van der Waals surface area contributed by atoms with Gasteiger partial charge in [-0.05, 0) is 36.0 Å². The number of hydrogen-bond donors (Lipinski definition) is 2. The number of carbonyl (C=O) groups is 1. The highest BCUT2D eigenvalue weighted by molar-refractivity contribution is 7.89. The van der Waals surface area contributed by atoms with E-state index in [9.17, 15) is 18.3 Å². The van der Waals surface area contributed by atoms with Crippen molar-refractivity contribution in [1.82, 2.24) is 9.62 Å². The van der Waals surface area contributed by atoms with Gasteiger partial charge in [0, 0.05) is 19.6 Å². The molecule has 1 aromatic carbocycles. The van der Waals surface area contributed by atoms with Crippen LogP contribution in [0.25, 0.3) is 0 Å². The van der Waals surface area contributed by atoms with Gasteiger partial charge in [-0.2, -0.15) is 4.31 Å². The van der Waals surface area contributed by atoms with E-state index >= 15 is 0 Å². The number of sulfonamides is 1. The maximum absolute atomic E-state index is 12.6. The van der Waals surface area contributed by atoms with Crippen molar-refractivity contribution in [2.24, 2.45) is 5.41 Å². The molecule has 1 atom stereocenters. The quantitative estimate of drug-likeness (QED) is 0.787. The summed E-state index contributed by atoms with van der Waals surface area (Å²) < 4.78 is 26.8. The monoisotopic (exact) mass is 382 g/mol. The van der Waals surface area contributed by atoms with Gasteiger partial charge in [-0.25, -0.2) is 8.42 Å². The molecule has 1 aliphatic rings. The molecule has 1 heterocycles. The molecule has 1 aromatic rings. The second-order valence-corrected chi connectivity index (χ2v) is 9.91. The van der Waals surface area contributed by atoms with Gasteiger partial charge >= 0.3 is 0 Å². The van der Waals surface area contributed by atoms with Gasteiger partial charge in [0.15, 0.2) is 0 Å². The lowest BCUT2D eigenvalue weighted by Gasteiger charge is -2.26. The Morgan fingerprint density at radius 1 is 1.15 bits per heavy atom. The average Bonchev–Trinajstić information content (AvgIpc) is 2.60. The van der Waals surface area contributed by atoms with Crippen molar-refractivity contribution in [3.8, 4) is 0 Å². The van der Waals surface area contributed by atoms with E-state index in [1.165, 1.54) is 4.31 Å². The summed E-state index contributed by atoms with van der Waals surface area (Å²) in [6.07, 6.45) is 2.41. The van der Waals surface area contributed by atoms with Crippen molar-refractivity contribution in [2.45, 2.75) is 57.5 Å². The smallest absolute Gasteiger partial charge is 0.243 e. The number of aliphatic hydroxyl groups is 1. The lowest BCUT2D eigenvalue weighted by atomic mass is 9.89. The van der Waals surface area contributed by atoms with E-state index in [0.29, 0.717) is 13.1 Å². The van der Waals surface area contributed by atoms with Crippen LogP contribution in [0.4, 0.5) is 0 Å². The van der Waals surface area contributed by atoms with Crippen LogP contribution in [0.2, 0.25) is 0 Å². The fourth-order valence-electron chi connectivity index (χ4n) is 2.80. The molecule has 0 unspecified atom stereocenters. The summed E-state index contributed by atoms with van der Waals surface area (Å²) in [6, 6.07) is 6.49. The van der Waals surface area contributed by atoms with Crippen molar-refractivity contribution < 1.29 is 18.3 Å². The zero-order chi connectivity index (χ0) is 19.4. The molecule has 1 fully saturated rings. The summed E-state index contributed by atoms with van der Waals surface area (Å²) in [4.78, 5) is 12.3. The van der Waals surface area contributed by atoms with Crippen molar-refractivity contribution in [2.75, 3.05) is 19.6 Å². The van der Waals surface area contributed by atoms with Crippen LogP contribution in [0.5, 0.6) is 0 Å². The standard InChI is InChI=1S/C19H30N2O4S/c1-19(2,3)17(22)14-20-18(23)13-15-7-9-16(10-8-15)26(24,25)21-11-5-4-6-12-21/h7-10,17,22H,4-6,11-14H2,1-3H3,(H,20,23)/t17-/m0/s1. The molecular formula is C19H30N2O4S. The average molecular weight is 383 g/mol. The zero-order valence-electron chi connectivity index (χ0n) is 15.9. The summed E-state index contributed by atoms with van der Waals surface area (Å²) in [5, 5.41) is 12.7. The number of benzene rings is 1. The second kappa shape index (κ2) is 8.50. The summed E-state index contributed by atoms with van der Waals surface area (Å²) in [7, 11) is -3.45. The molecule has 0 aliphatic carbocycles. The minimum atomic E-state index is -3.45. The molecule has 2 N–H and O–H groups in total. The van der Waals surface area contributed by atoms with Crippen LogP contribution in [0.1, 0.15) is 45.6 Å². The molecule has 0 radical (unpaired) electrons. The number of rotatable bonds is 6. The maximum Gasteiger partial charge on any atom is 0.243 e. The Bertz CT molecular complexity index is 702. The lowest BCUT2D eigenvalue weighted by molar-refractivity contribution is -0.121. The van der Waals surface area contributed by atoms with Crippen LogP contribution >= 0.6 is 0 Å². The molecule has 1 aliphatic heterocycles. The third-order valence-corrected chi connectivity index (χ3v) is 6.65. The van der Waals surface area contributed by atoms with Gasteiger partial charge in [0.05, 0.1) is 17.4 Å². The van der Waals surface area contributed by atoms with Gasteiger partial charge in [0.25, 0.3) is 0 Å². The molecule has 1 saturated heterocycles. The zero-order valence-corrected chi connectivity index (χ0v) is 16.7.